The number of thiophene rings is 1. The summed E-state index contributed by atoms with van der Waals surface area (Å²) in [5.74, 6) is 0.497. The molecule has 1 saturated heterocycles. The van der Waals surface area contributed by atoms with Crippen molar-refractivity contribution in [2.45, 2.75) is 26.3 Å². The van der Waals surface area contributed by atoms with Crippen molar-refractivity contribution in [3.05, 3.63) is 47.4 Å². The van der Waals surface area contributed by atoms with Gasteiger partial charge in [0.25, 0.3) is 0 Å². The van der Waals surface area contributed by atoms with E-state index in [0.29, 0.717) is 32.7 Å². The number of piperazine rings is 1. The predicted octanol–water partition coefficient (Wildman–Crippen LogP) is 2.00. The molecule has 1 aliphatic heterocycles. The molecule has 0 bridgehead atoms. The molecule has 3 aromatic heterocycles. The van der Waals surface area contributed by atoms with Crippen LogP contribution in [-0.4, -0.2) is 57.8 Å². The zero-order valence-corrected chi connectivity index (χ0v) is 17.7. The van der Waals surface area contributed by atoms with Crippen molar-refractivity contribution < 1.29 is 9.59 Å². The zero-order chi connectivity index (χ0) is 20.9. The van der Waals surface area contributed by atoms with Gasteiger partial charge in [-0.05, 0) is 24.6 Å². The van der Waals surface area contributed by atoms with Crippen molar-refractivity contribution in [2.24, 2.45) is 0 Å². The monoisotopic (exact) mass is 424 g/mol. The van der Waals surface area contributed by atoms with Gasteiger partial charge in [-0.25, -0.2) is 9.97 Å². The number of hydrogen-bond donors (Lipinski definition) is 1. The molecule has 9 heteroatoms. The average Bonchev–Trinajstić information content (AvgIpc) is 3.22. The number of anilines is 1. The highest BCUT2D eigenvalue weighted by Gasteiger charge is 2.24. The van der Waals surface area contributed by atoms with E-state index >= 15 is 0 Å². The normalized spacial score (nSPS) is 14.2. The van der Waals surface area contributed by atoms with Crippen LogP contribution in [0.1, 0.15) is 23.9 Å². The molecule has 1 aliphatic rings. The van der Waals surface area contributed by atoms with Gasteiger partial charge in [0.1, 0.15) is 23.4 Å². The second kappa shape index (κ2) is 9.17. The van der Waals surface area contributed by atoms with Crippen molar-refractivity contribution in [1.29, 1.82) is 0 Å². The quantitative estimate of drug-likeness (QED) is 0.609. The first-order valence-electron chi connectivity index (χ1n) is 10.1. The molecule has 1 fully saturated rings. The molecule has 0 unspecified atom stereocenters. The van der Waals surface area contributed by atoms with Crippen LogP contribution in [0.5, 0.6) is 0 Å². The zero-order valence-electron chi connectivity index (χ0n) is 16.9. The topological polar surface area (TPSA) is 91.3 Å². The van der Waals surface area contributed by atoms with E-state index in [1.165, 1.54) is 4.88 Å². The first kappa shape index (κ1) is 20.2. The Kier molecular flexibility index (Phi) is 6.18. The van der Waals surface area contributed by atoms with E-state index in [-0.39, 0.29) is 18.2 Å². The van der Waals surface area contributed by atoms with Gasteiger partial charge in [-0.2, -0.15) is 0 Å². The minimum absolute atomic E-state index is 0.144. The van der Waals surface area contributed by atoms with Gasteiger partial charge in [-0.15, -0.1) is 11.3 Å². The van der Waals surface area contributed by atoms with Gasteiger partial charge in [0.15, 0.2) is 0 Å². The molecule has 2 amide bonds. The molecule has 0 atom stereocenters. The first-order valence-corrected chi connectivity index (χ1v) is 10.9. The van der Waals surface area contributed by atoms with Gasteiger partial charge in [-0.3, -0.25) is 14.6 Å². The molecule has 0 saturated carbocycles. The Bertz CT molecular complexity index is 1030. The summed E-state index contributed by atoms with van der Waals surface area (Å²) in [6, 6.07) is 7.69. The average molecular weight is 425 g/mol. The second-order valence-electron chi connectivity index (χ2n) is 7.12. The van der Waals surface area contributed by atoms with Crippen LogP contribution >= 0.6 is 11.3 Å². The Labute approximate surface area is 179 Å². The smallest absolute Gasteiger partial charge is 0.232 e. The third kappa shape index (κ3) is 4.56. The fourth-order valence-electron chi connectivity index (χ4n) is 3.49. The summed E-state index contributed by atoms with van der Waals surface area (Å²) in [7, 11) is 0. The SMILES string of the molecule is CCc1cc2c(N3CCN(C(=O)CC(=O)NCc4ccccn4)CC3)ncnc2s1. The largest absolute Gasteiger partial charge is 0.352 e. The summed E-state index contributed by atoms with van der Waals surface area (Å²) in [5.41, 5.74) is 0.766. The van der Waals surface area contributed by atoms with E-state index in [1.807, 2.05) is 18.2 Å². The lowest BCUT2D eigenvalue weighted by molar-refractivity contribution is -0.136. The number of nitrogens with zero attached hydrogens (tertiary/aromatic N) is 5. The second-order valence-corrected chi connectivity index (χ2v) is 8.24. The van der Waals surface area contributed by atoms with Crippen LogP contribution in [0, 0.1) is 0 Å². The van der Waals surface area contributed by atoms with E-state index in [4.69, 9.17) is 0 Å². The predicted molar refractivity (Wildman–Crippen MR) is 116 cm³/mol. The van der Waals surface area contributed by atoms with E-state index in [2.05, 4.69) is 38.2 Å². The number of carbonyl (C=O) groups excluding carboxylic acids is 2. The Morgan fingerprint density at radius 2 is 1.97 bits per heavy atom. The summed E-state index contributed by atoms with van der Waals surface area (Å²) < 4.78 is 0. The molecule has 4 rings (SSSR count). The Morgan fingerprint density at radius 1 is 1.13 bits per heavy atom. The van der Waals surface area contributed by atoms with E-state index in [0.717, 1.165) is 28.1 Å². The number of aryl methyl sites for hydroxylation is 1. The van der Waals surface area contributed by atoms with Gasteiger partial charge < -0.3 is 15.1 Å². The lowest BCUT2D eigenvalue weighted by Crippen LogP contribution is -2.49. The van der Waals surface area contributed by atoms with E-state index in [1.54, 1.807) is 28.8 Å². The minimum atomic E-state index is -0.282. The van der Waals surface area contributed by atoms with E-state index < -0.39 is 0 Å². The van der Waals surface area contributed by atoms with Crippen LogP contribution in [0.4, 0.5) is 5.82 Å². The highest BCUT2D eigenvalue weighted by atomic mass is 32.1. The van der Waals surface area contributed by atoms with Gasteiger partial charge in [-0.1, -0.05) is 13.0 Å². The summed E-state index contributed by atoms with van der Waals surface area (Å²) in [6.45, 7) is 4.97. The Morgan fingerprint density at radius 3 is 2.70 bits per heavy atom. The van der Waals surface area contributed by atoms with Crippen LogP contribution < -0.4 is 10.2 Å². The molecule has 0 aromatic carbocycles. The number of carbonyl (C=O) groups is 2. The molecule has 8 nitrogen and oxygen atoms in total. The fraction of sp³-hybridized carbons (Fsp3) is 0.381. The molecule has 3 aromatic rings. The van der Waals surface area contributed by atoms with Crippen molar-refractivity contribution >= 4 is 39.2 Å². The maximum Gasteiger partial charge on any atom is 0.232 e. The van der Waals surface area contributed by atoms with Crippen molar-refractivity contribution in [2.75, 3.05) is 31.1 Å². The van der Waals surface area contributed by atoms with Crippen LogP contribution in [-0.2, 0) is 22.6 Å². The third-order valence-electron chi connectivity index (χ3n) is 5.14. The van der Waals surface area contributed by atoms with Gasteiger partial charge in [0.05, 0.1) is 17.6 Å². The van der Waals surface area contributed by atoms with Gasteiger partial charge in [0, 0.05) is 37.3 Å². The van der Waals surface area contributed by atoms with Crippen molar-refractivity contribution in [1.82, 2.24) is 25.2 Å². The van der Waals surface area contributed by atoms with Gasteiger partial charge in [0.2, 0.25) is 11.8 Å². The molecule has 156 valence electrons. The van der Waals surface area contributed by atoms with Gasteiger partial charge >= 0.3 is 0 Å². The number of rotatable bonds is 6. The van der Waals surface area contributed by atoms with Crippen LogP contribution in [0.2, 0.25) is 0 Å². The third-order valence-corrected chi connectivity index (χ3v) is 6.33. The lowest BCUT2D eigenvalue weighted by atomic mass is 10.2. The molecule has 4 heterocycles. The Hall–Kier alpha value is -3.07. The van der Waals surface area contributed by atoms with Crippen molar-refractivity contribution in [3.63, 3.8) is 0 Å². The highest BCUT2D eigenvalue weighted by Crippen LogP contribution is 2.30. The number of hydrogen-bond acceptors (Lipinski definition) is 7. The summed E-state index contributed by atoms with van der Waals surface area (Å²) in [6.07, 6.45) is 4.12. The molecule has 1 N–H and O–H groups in total. The maximum absolute atomic E-state index is 12.5. The van der Waals surface area contributed by atoms with E-state index in [9.17, 15) is 9.59 Å². The Balaban J connectivity index is 1.30. The molecule has 0 spiro atoms. The lowest BCUT2D eigenvalue weighted by Gasteiger charge is -2.35. The minimum Gasteiger partial charge on any atom is -0.352 e. The number of aromatic nitrogens is 3. The maximum atomic E-state index is 12.5. The number of amides is 2. The standard InChI is InChI=1S/C21H24N6O2S/c1-2-16-11-17-20(24-14-25-21(17)30-16)27-9-7-26(8-10-27)19(29)12-18(28)23-13-15-5-3-4-6-22-15/h3-6,11,14H,2,7-10,12-13H2,1H3,(H,23,28). The summed E-state index contributed by atoms with van der Waals surface area (Å²) in [5, 5.41) is 3.83. The molecule has 30 heavy (non-hydrogen) atoms. The number of fused-ring (bicyclic) bond motifs is 1. The summed E-state index contributed by atoms with van der Waals surface area (Å²) in [4.78, 5) is 43.9. The van der Waals surface area contributed by atoms with Crippen molar-refractivity contribution in [3.8, 4) is 0 Å². The first-order chi connectivity index (χ1) is 14.6. The molecule has 0 aliphatic carbocycles. The fourth-order valence-corrected chi connectivity index (χ4v) is 4.42. The number of nitrogens with one attached hydrogen (secondary N) is 1. The van der Waals surface area contributed by atoms with Crippen LogP contribution in [0.3, 0.4) is 0 Å². The molecule has 0 radical (unpaired) electrons. The van der Waals surface area contributed by atoms with Crippen LogP contribution in [0.25, 0.3) is 10.2 Å². The summed E-state index contributed by atoms with van der Waals surface area (Å²) >= 11 is 1.70. The number of pyridine rings is 1. The molecular weight excluding hydrogens is 400 g/mol. The van der Waals surface area contributed by atoms with Crippen LogP contribution in [0.15, 0.2) is 36.8 Å². The highest BCUT2D eigenvalue weighted by molar-refractivity contribution is 7.18. The molecular formula is C21H24N6O2S.